The Morgan fingerprint density at radius 2 is 1.76 bits per heavy atom. The molecule has 262 valence electrons. The van der Waals surface area contributed by atoms with E-state index in [9.17, 15) is 18.0 Å². The summed E-state index contributed by atoms with van der Waals surface area (Å²) in [5, 5.41) is 3.07. The average Bonchev–Trinajstić information content (AvgIpc) is 3.51. The Bertz CT molecular complexity index is 1810. The third-order valence-corrected chi connectivity index (χ3v) is 10.9. The van der Waals surface area contributed by atoms with Gasteiger partial charge < -0.3 is 24.6 Å². The third kappa shape index (κ3) is 8.16. The lowest BCUT2D eigenvalue weighted by atomic mass is 9.78. The van der Waals surface area contributed by atoms with E-state index in [1.54, 1.807) is 23.1 Å². The molecule has 0 radical (unpaired) electrons. The van der Waals surface area contributed by atoms with Crippen molar-refractivity contribution in [2.75, 3.05) is 50.6 Å². The van der Waals surface area contributed by atoms with Gasteiger partial charge in [-0.3, -0.25) is 4.79 Å². The van der Waals surface area contributed by atoms with Crippen molar-refractivity contribution in [1.29, 1.82) is 0 Å². The first-order chi connectivity index (χ1) is 23.2. The SMILES string of the molecule is Cc1cccc(C)c1-c1cc2nc(n1)NS(=O)(=O)c1cccc(c1)C(=O)NCC1(CCN(CC3CCN(C(=O)OC(C)(C)C)C3)CC1)CO2. The number of benzene rings is 2. The van der Waals surface area contributed by atoms with Gasteiger partial charge in [-0.05, 0) is 102 Å². The van der Waals surface area contributed by atoms with Crippen molar-refractivity contribution in [2.24, 2.45) is 11.3 Å². The molecule has 3 aliphatic heterocycles. The number of sulfonamides is 1. The van der Waals surface area contributed by atoms with Crippen molar-refractivity contribution in [3.63, 3.8) is 0 Å². The smallest absolute Gasteiger partial charge is 0.410 e. The minimum Gasteiger partial charge on any atom is -0.477 e. The van der Waals surface area contributed by atoms with E-state index in [2.05, 4.69) is 24.9 Å². The number of likely N-dealkylation sites (tertiary alicyclic amines) is 2. The van der Waals surface area contributed by atoms with E-state index in [1.807, 2.05) is 52.8 Å². The number of hydrogen-bond donors (Lipinski definition) is 2. The van der Waals surface area contributed by atoms with Crippen LogP contribution in [-0.2, 0) is 14.8 Å². The number of rotatable bonds is 3. The molecule has 2 aromatic carbocycles. The normalized spacial score (nSPS) is 20.9. The van der Waals surface area contributed by atoms with E-state index in [-0.39, 0.29) is 40.9 Å². The molecule has 1 atom stereocenters. The van der Waals surface area contributed by atoms with Crippen molar-refractivity contribution in [2.45, 2.75) is 64.4 Å². The Kier molecular flexibility index (Phi) is 9.60. The van der Waals surface area contributed by atoms with Crippen molar-refractivity contribution in [3.05, 3.63) is 65.2 Å². The highest BCUT2D eigenvalue weighted by Crippen LogP contribution is 2.35. The molecule has 2 saturated heterocycles. The summed E-state index contributed by atoms with van der Waals surface area (Å²) in [5.74, 6) is 0.150. The summed E-state index contributed by atoms with van der Waals surface area (Å²) in [6.45, 7) is 14.1. The molecule has 4 heterocycles. The number of aromatic nitrogens is 2. The molecule has 12 nitrogen and oxygen atoms in total. The molecule has 3 aliphatic rings. The highest BCUT2D eigenvalue weighted by Gasteiger charge is 2.38. The summed E-state index contributed by atoms with van der Waals surface area (Å²) in [6.07, 6.45) is 2.21. The van der Waals surface area contributed by atoms with Crippen molar-refractivity contribution in [3.8, 4) is 17.1 Å². The Labute approximate surface area is 288 Å². The number of nitrogens with one attached hydrogen (secondary N) is 2. The molecule has 0 saturated carbocycles. The van der Waals surface area contributed by atoms with Gasteiger partial charge in [-0.2, -0.15) is 4.98 Å². The zero-order valence-electron chi connectivity index (χ0n) is 28.9. The number of anilines is 1. The first-order valence-electron chi connectivity index (χ1n) is 16.9. The van der Waals surface area contributed by atoms with Gasteiger partial charge in [-0.25, -0.2) is 22.9 Å². The maximum absolute atomic E-state index is 13.4. The Balaban J connectivity index is 1.24. The van der Waals surface area contributed by atoms with Crippen LogP contribution in [0.4, 0.5) is 10.7 Å². The largest absolute Gasteiger partial charge is 0.477 e. The van der Waals surface area contributed by atoms with E-state index >= 15 is 0 Å². The molecule has 2 N–H and O–H groups in total. The van der Waals surface area contributed by atoms with Crippen molar-refractivity contribution in [1.82, 2.24) is 25.1 Å². The zero-order chi connectivity index (χ0) is 35.0. The molecular formula is C36H46N6O6S. The number of aryl methyl sites for hydroxylation is 2. The lowest BCUT2D eigenvalue weighted by molar-refractivity contribution is 0.0271. The predicted molar refractivity (Wildman–Crippen MR) is 186 cm³/mol. The van der Waals surface area contributed by atoms with E-state index < -0.39 is 21.0 Å². The summed E-state index contributed by atoms with van der Waals surface area (Å²) in [4.78, 5) is 39.2. The second-order valence-corrected chi connectivity index (χ2v) is 16.4. The van der Waals surface area contributed by atoms with Crippen LogP contribution in [0.1, 0.15) is 61.5 Å². The number of piperidine rings is 1. The molecule has 4 bridgehead atoms. The monoisotopic (exact) mass is 690 g/mol. The van der Waals surface area contributed by atoms with E-state index in [4.69, 9.17) is 9.47 Å². The maximum atomic E-state index is 13.4. The van der Waals surface area contributed by atoms with Crippen LogP contribution in [0.25, 0.3) is 11.3 Å². The Hall–Kier alpha value is -4.23. The minimum atomic E-state index is -4.11. The van der Waals surface area contributed by atoms with Crippen LogP contribution in [0.5, 0.6) is 5.88 Å². The number of nitrogens with zero attached hydrogens (tertiary/aromatic N) is 4. The number of carbonyl (C=O) groups is 2. The summed E-state index contributed by atoms with van der Waals surface area (Å²) in [5.41, 5.74) is 2.74. The average molecular weight is 691 g/mol. The van der Waals surface area contributed by atoms with Crippen LogP contribution in [0.3, 0.4) is 0 Å². The molecule has 1 aromatic heterocycles. The van der Waals surface area contributed by atoms with Gasteiger partial charge in [-0.1, -0.05) is 24.3 Å². The first-order valence-corrected chi connectivity index (χ1v) is 18.4. The number of carbonyl (C=O) groups excluding carboxylic acids is 2. The Morgan fingerprint density at radius 3 is 2.47 bits per heavy atom. The van der Waals surface area contributed by atoms with Crippen molar-refractivity contribution >= 4 is 28.0 Å². The second kappa shape index (κ2) is 13.6. The van der Waals surface area contributed by atoms with E-state index in [0.29, 0.717) is 31.2 Å². The molecule has 1 spiro atoms. The van der Waals surface area contributed by atoms with Crippen LogP contribution in [0, 0.1) is 25.2 Å². The van der Waals surface area contributed by atoms with E-state index in [1.165, 1.54) is 12.1 Å². The fourth-order valence-corrected chi connectivity index (χ4v) is 7.88. The molecular weight excluding hydrogens is 644 g/mol. The maximum Gasteiger partial charge on any atom is 0.410 e. The van der Waals surface area contributed by atoms with Crippen LogP contribution in [0.15, 0.2) is 53.4 Å². The lowest BCUT2D eigenvalue weighted by Crippen LogP contribution is -2.50. The number of ether oxygens (including phenoxy) is 2. The lowest BCUT2D eigenvalue weighted by Gasteiger charge is -2.42. The Morgan fingerprint density at radius 1 is 1.04 bits per heavy atom. The van der Waals surface area contributed by atoms with Gasteiger partial charge in [0.05, 0.1) is 17.2 Å². The summed E-state index contributed by atoms with van der Waals surface area (Å²) >= 11 is 0. The predicted octanol–water partition coefficient (Wildman–Crippen LogP) is 5.02. The standard InChI is InChI=1S/C36H46N6O6S/c1-24-8-6-9-25(2)31(24)29-19-30-39-33(38-29)40-49(45,46)28-11-7-10-27(18-28)32(43)37-22-36(23-47-30)13-16-41(17-14-36)20-26-12-15-42(21-26)34(44)48-35(3,4)5/h6-11,18-19,26H,12-17,20-23H2,1-5H3,(H,37,43)(H,38,39,40). The molecule has 0 aliphatic carbocycles. The van der Waals surface area contributed by atoms with Gasteiger partial charge in [0, 0.05) is 48.8 Å². The van der Waals surface area contributed by atoms with Gasteiger partial charge >= 0.3 is 6.09 Å². The van der Waals surface area contributed by atoms with E-state index in [0.717, 1.165) is 55.6 Å². The minimum absolute atomic E-state index is 0.0686. The number of amides is 2. The third-order valence-electron chi connectivity index (χ3n) is 9.59. The quantitative estimate of drug-likeness (QED) is 0.387. The highest BCUT2D eigenvalue weighted by atomic mass is 32.2. The fourth-order valence-electron chi connectivity index (χ4n) is 6.89. The van der Waals surface area contributed by atoms with Crippen LogP contribution >= 0.6 is 0 Å². The summed E-state index contributed by atoms with van der Waals surface area (Å²) < 4.78 is 41.4. The molecule has 2 amide bonds. The molecule has 2 fully saturated rings. The first kappa shape index (κ1) is 34.6. The molecule has 49 heavy (non-hydrogen) atoms. The summed E-state index contributed by atoms with van der Waals surface area (Å²) in [6, 6.07) is 13.6. The molecule has 1 unspecified atom stereocenters. The van der Waals surface area contributed by atoms with Gasteiger partial charge in [0.1, 0.15) is 5.60 Å². The second-order valence-electron chi connectivity index (χ2n) is 14.7. The highest BCUT2D eigenvalue weighted by molar-refractivity contribution is 7.92. The van der Waals surface area contributed by atoms with Gasteiger partial charge in [0.15, 0.2) is 0 Å². The summed E-state index contributed by atoms with van der Waals surface area (Å²) in [7, 11) is -4.11. The number of hydrogen-bond acceptors (Lipinski definition) is 9. The zero-order valence-corrected chi connectivity index (χ0v) is 29.7. The molecule has 6 rings (SSSR count). The van der Waals surface area contributed by atoms with Gasteiger partial charge in [0.25, 0.3) is 15.9 Å². The molecule has 13 heteroatoms. The molecule has 3 aromatic rings. The van der Waals surface area contributed by atoms with Crippen LogP contribution < -0.4 is 14.8 Å². The van der Waals surface area contributed by atoms with Gasteiger partial charge in [-0.15, -0.1) is 0 Å². The number of fused-ring (bicyclic) bond motifs is 4. The van der Waals surface area contributed by atoms with Crippen molar-refractivity contribution < 1.29 is 27.5 Å². The van der Waals surface area contributed by atoms with Gasteiger partial charge in [0.2, 0.25) is 11.8 Å². The van der Waals surface area contributed by atoms with Crippen LogP contribution in [0.2, 0.25) is 0 Å². The van der Waals surface area contributed by atoms with Crippen LogP contribution in [-0.4, -0.2) is 91.7 Å². The topological polar surface area (TPSA) is 143 Å². The fraction of sp³-hybridized carbons (Fsp3) is 0.500.